The number of aromatic nitrogens is 4. The monoisotopic (exact) mass is 236 g/mol. The average Bonchev–Trinajstić information content (AvgIpc) is 2.76. The van der Waals surface area contributed by atoms with Gasteiger partial charge in [-0.3, -0.25) is 14.9 Å². The maximum Gasteiger partial charge on any atom is 0.313 e. The molecular weight excluding hydrogens is 228 g/mol. The lowest BCUT2D eigenvalue weighted by Crippen LogP contribution is -1.97. The van der Waals surface area contributed by atoms with Crippen LogP contribution in [0.3, 0.4) is 0 Å². The molecule has 2 heterocycles. The topological polar surface area (TPSA) is 91.8 Å². The van der Waals surface area contributed by atoms with Crippen LogP contribution in [0.1, 0.15) is 0 Å². The molecule has 0 saturated carbocycles. The van der Waals surface area contributed by atoms with Gasteiger partial charge in [0, 0.05) is 18.0 Å². The predicted molar refractivity (Wildman–Crippen MR) is 58.0 cm³/mol. The summed E-state index contributed by atoms with van der Waals surface area (Å²) in [6, 6.07) is 3.64. The molecule has 0 aliphatic carbocycles. The molecule has 6 nitrogen and oxygen atoms in total. The van der Waals surface area contributed by atoms with Gasteiger partial charge in [0.1, 0.15) is 0 Å². The number of rotatable bonds is 4. The molecule has 2 rings (SSSR count). The van der Waals surface area contributed by atoms with Crippen molar-refractivity contribution in [2.45, 2.75) is 5.16 Å². The van der Waals surface area contributed by atoms with Gasteiger partial charge in [0.15, 0.2) is 5.82 Å². The van der Waals surface area contributed by atoms with Crippen molar-refractivity contribution in [3.8, 4) is 11.4 Å². The second-order valence-corrected chi connectivity index (χ2v) is 3.83. The summed E-state index contributed by atoms with van der Waals surface area (Å²) in [6.07, 6.45) is 3.33. The minimum atomic E-state index is -0.891. The summed E-state index contributed by atoms with van der Waals surface area (Å²) in [7, 11) is 0. The van der Waals surface area contributed by atoms with Crippen LogP contribution < -0.4 is 0 Å². The van der Waals surface area contributed by atoms with E-state index in [2.05, 4.69) is 20.2 Å². The molecule has 0 amide bonds. The number of carboxylic acids is 1. The summed E-state index contributed by atoms with van der Waals surface area (Å²) in [4.78, 5) is 18.5. The normalized spacial score (nSPS) is 10.2. The number of thioether (sulfide) groups is 1. The first-order valence-electron chi connectivity index (χ1n) is 4.43. The fraction of sp³-hybridized carbons (Fsp3) is 0.111. The van der Waals surface area contributed by atoms with Crippen LogP contribution >= 0.6 is 11.8 Å². The van der Waals surface area contributed by atoms with Crippen LogP contribution in [-0.2, 0) is 4.79 Å². The number of nitrogens with zero attached hydrogens (tertiary/aromatic N) is 3. The molecule has 0 radical (unpaired) electrons. The Morgan fingerprint density at radius 3 is 3.12 bits per heavy atom. The van der Waals surface area contributed by atoms with E-state index in [-0.39, 0.29) is 5.75 Å². The van der Waals surface area contributed by atoms with E-state index in [9.17, 15) is 4.79 Å². The van der Waals surface area contributed by atoms with Crippen molar-refractivity contribution in [3.05, 3.63) is 24.5 Å². The fourth-order valence-electron chi connectivity index (χ4n) is 1.07. The van der Waals surface area contributed by atoms with E-state index in [1.165, 1.54) is 0 Å². The van der Waals surface area contributed by atoms with Crippen LogP contribution in [0.2, 0.25) is 0 Å². The van der Waals surface area contributed by atoms with Gasteiger partial charge in [-0.25, -0.2) is 4.98 Å². The lowest BCUT2D eigenvalue weighted by atomic mass is 10.3. The summed E-state index contributed by atoms with van der Waals surface area (Å²) in [5, 5.41) is 15.6. The Labute approximate surface area is 95.1 Å². The lowest BCUT2D eigenvalue weighted by Gasteiger charge is -1.92. The average molecular weight is 236 g/mol. The zero-order valence-electron chi connectivity index (χ0n) is 8.12. The highest BCUT2D eigenvalue weighted by Gasteiger charge is 2.07. The highest BCUT2D eigenvalue weighted by molar-refractivity contribution is 7.99. The summed E-state index contributed by atoms with van der Waals surface area (Å²) in [6.45, 7) is 0. The number of hydrogen-bond donors (Lipinski definition) is 2. The molecule has 82 valence electrons. The molecule has 0 fully saturated rings. The summed E-state index contributed by atoms with van der Waals surface area (Å²) in [5.74, 6) is -0.358. The molecule has 0 aromatic carbocycles. The molecule has 7 heteroatoms. The lowest BCUT2D eigenvalue weighted by molar-refractivity contribution is -0.133. The first-order chi connectivity index (χ1) is 7.75. The maximum absolute atomic E-state index is 10.4. The Hall–Kier alpha value is -1.89. The van der Waals surface area contributed by atoms with Crippen molar-refractivity contribution in [3.63, 3.8) is 0 Å². The van der Waals surface area contributed by atoms with E-state index in [4.69, 9.17) is 5.11 Å². The maximum atomic E-state index is 10.4. The largest absolute Gasteiger partial charge is 0.481 e. The van der Waals surface area contributed by atoms with Gasteiger partial charge >= 0.3 is 5.97 Å². The Kier molecular flexibility index (Phi) is 3.16. The van der Waals surface area contributed by atoms with Crippen LogP contribution in [0, 0.1) is 0 Å². The van der Waals surface area contributed by atoms with Crippen molar-refractivity contribution in [1.82, 2.24) is 20.2 Å². The number of aliphatic carboxylic acids is 1. The SMILES string of the molecule is O=C(O)CSc1n[nH]c(-c2cccnc2)n1. The molecule has 0 atom stereocenters. The Morgan fingerprint density at radius 1 is 1.56 bits per heavy atom. The minimum Gasteiger partial charge on any atom is -0.481 e. The molecule has 0 aliphatic heterocycles. The third-order valence-corrected chi connectivity index (χ3v) is 2.56. The molecule has 0 spiro atoms. The van der Waals surface area contributed by atoms with E-state index < -0.39 is 5.97 Å². The molecule has 2 aromatic rings. The first-order valence-corrected chi connectivity index (χ1v) is 5.41. The number of carboxylic acid groups (broad SMARTS) is 1. The zero-order valence-corrected chi connectivity index (χ0v) is 8.94. The van der Waals surface area contributed by atoms with Crippen molar-refractivity contribution in [2.24, 2.45) is 0 Å². The van der Waals surface area contributed by atoms with Gasteiger partial charge in [-0.05, 0) is 12.1 Å². The van der Waals surface area contributed by atoms with Crippen molar-refractivity contribution < 1.29 is 9.90 Å². The third kappa shape index (κ3) is 2.57. The van der Waals surface area contributed by atoms with Gasteiger partial charge in [-0.15, -0.1) is 5.10 Å². The van der Waals surface area contributed by atoms with Gasteiger partial charge in [-0.2, -0.15) is 0 Å². The molecular formula is C9H8N4O2S. The molecule has 0 bridgehead atoms. The molecule has 2 aromatic heterocycles. The van der Waals surface area contributed by atoms with Crippen LogP contribution in [0.5, 0.6) is 0 Å². The number of carbonyl (C=O) groups is 1. The van der Waals surface area contributed by atoms with Gasteiger partial charge in [-0.1, -0.05) is 11.8 Å². The molecule has 0 aliphatic rings. The number of pyridine rings is 1. The van der Waals surface area contributed by atoms with Crippen molar-refractivity contribution in [2.75, 3.05) is 5.75 Å². The number of aromatic amines is 1. The molecule has 2 N–H and O–H groups in total. The van der Waals surface area contributed by atoms with Gasteiger partial charge in [0.2, 0.25) is 5.16 Å². The van der Waals surface area contributed by atoms with Crippen LogP contribution in [0.15, 0.2) is 29.7 Å². The van der Waals surface area contributed by atoms with E-state index in [0.29, 0.717) is 11.0 Å². The van der Waals surface area contributed by atoms with Crippen LogP contribution in [0.4, 0.5) is 0 Å². The Balaban J connectivity index is 2.11. The fourth-order valence-corrected chi connectivity index (χ4v) is 1.59. The Bertz CT molecular complexity index is 485. The van der Waals surface area contributed by atoms with E-state index >= 15 is 0 Å². The van der Waals surface area contributed by atoms with E-state index in [1.54, 1.807) is 18.5 Å². The number of nitrogens with one attached hydrogen (secondary N) is 1. The molecule has 0 saturated heterocycles. The van der Waals surface area contributed by atoms with Crippen LogP contribution in [0.25, 0.3) is 11.4 Å². The summed E-state index contributed by atoms with van der Waals surface area (Å²) in [5.41, 5.74) is 0.817. The zero-order chi connectivity index (χ0) is 11.4. The summed E-state index contributed by atoms with van der Waals surface area (Å²) < 4.78 is 0. The number of hydrogen-bond acceptors (Lipinski definition) is 5. The highest BCUT2D eigenvalue weighted by Crippen LogP contribution is 2.17. The standard InChI is InChI=1S/C9H8N4O2S/c14-7(15)5-16-9-11-8(12-13-9)6-2-1-3-10-4-6/h1-4H,5H2,(H,14,15)(H,11,12,13). The second kappa shape index (κ2) is 4.75. The van der Waals surface area contributed by atoms with E-state index in [1.807, 2.05) is 6.07 Å². The smallest absolute Gasteiger partial charge is 0.313 e. The first kappa shape index (κ1) is 10.6. The third-order valence-electron chi connectivity index (χ3n) is 1.72. The van der Waals surface area contributed by atoms with Gasteiger partial charge < -0.3 is 5.11 Å². The highest BCUT2D eigenvalue weighted by atomic mass is 32.2. The molecule has 16 heavy (non-hydrogen) atoms. The predicted octanol–water partition coefficient (Wildman–Crippen LogP) is 1.04. The quantitative estimate of drug-likeness (QED) is 0.771. The van der Waals surface area contributed by atoms with E-state index in [0.717, 1.165) is 17.3 Å². The Morgan fingerprint density at radius 2 is 2.44 bits per heavy atom. The van der Waals surface area contributed by atoms with Crippen LogP contribution in [-0.4, -0.2) is 37.0 Å². The van der Waals surface area contributed by atoms with Crippen molar-refractivity contribution >= 4 is 17.7 Å². The molecule has 0 unspecified atom stereocenters. The second-order valence-electron chi connectivity index (χ2n) is 2.89. The summed E-state index contributed by atoms with van der Waals surface area (Å²) >= 11 is 1.07. The van der Waals surface area contributed by atoms with Gasteiger partial charge in [0.25, 0.3) is 0 Å². The van der Waals surface area contributed by atoms with Crippen molar-refractivity contribution in [1.29, 1.82) is 0 Å². The number of H-pyrrole nitrogens is 1. The van der Waals surface area contributed by atoms with Gasteiger partial charge in [0.05, 0.1) is 5.75 Å². The minimum absolute atomic E-state index is 0.0513.